The molecule has 38 heavy (non-hydrogen) atoms. The van der Waals surface area contributed by atoms with Crippen LogP contribution in [0.1, 0.15) is 64.6 Å². The molecule has 1 atom stereocenters. The fourth-order valence-corrected chi connectivity index (χ4v) is 5.57. The highest BCUT2D eigenvalue weighted by Crippen LogP contribution is 2.38. The number of nitrogens with zero attached hydrogens (tertiary/aromatic N) is 3. The first kappa shape index (κ1) is 26.4. The highest BCUT2D eigenvalue weighted by Gasteiger charge is 2.30. The van der Waals surface area contributed by atoms with Crippen molar-refractivity contribution in [3.8, 4) is 0 Å². The summed E-state index contributed by atoms with van der Waals surface area (Å²) < 4.78 is 6.35. The van der Waals surface area contributed by atoms with Crippen molar-refractivity contribution in [2.45, 2.75) is 39.3 Å². The number of likely N-dealkylation sites (N-methyl/N-ethyl adjacent to an activating group) is 1. The predicted molar refractivity (Wildman–Crippen MR) is 152 cm³/mol. The molecular formula is C31H34ClN3O3. The minimum Gasteiger partial charge on any atom is -0.372 e. The summed E-state index contributed by atoms with van der Waals surface area (Å²) in [6.45, 7) is 8.94. The van der Waals surface area contributed by atoms with Gasteiger partial charge in [0.15, 0.2) is 0 Å². The number of halogens is 1. The van der Waals surface area contributed by atoms with Gasteiger partial charge in [-0.25, -0.2) is 0 Å². The molecule has 0 saturated carbocycles. The first-order chi connectivity index (χ1) is 18.5. The summed E-state index contributed by atoms with van der Waals surface area (Å²) >= 11 is 6.39. The fourth-order valence-electron chi connectivity index (χ4n) is 5.39. The topological polar surface area (TPSA) is 53.1 Å². The second-order valence-corrected chi connectivity index (χ2v) is 10.2. The van der Waals surface area contributed by atoms with Crippen molar-refractivity contribution in [1.29, 1.82) is 0 Å². The summed E-state index contributed by atoms with van der Waals surface area (Å²) in [7, 11) is 0. The molecule has 0 spiro atoms. The van der Waals surface area contributed by atoms with Gasteiger partial charge in [-0.3, -0.25) is 9.59 Å². The molecule has 5 rings (SSSR count). The molecular weight excluding hydrogens is 498 g/mol. The summed E-state index contributed by atoms with van der Waals surface area (Å²) in [6.07, 6.45) is 1.54. The van der Waals surface area contributed by atoms with Gasteiger partial charge in [0.1, 0.15) is 0 Å². The normalized spacial score (nSPS) is 16.9. The van der Waals surface area contributed by atoms with E-state index in [0.717, 1.165) is 60.5 Å². The molecule has 2 heterocycles. The standard InChI is InChI=1S/C31H34ClN3O3/c1-3-33(4-2)18-19-38-29-10-7-17-34(28-16-13-24(32)20-27(28)29)30(36)22-11-14-25(15-12-22)35-21-23-8-5-6-9-26(23)31(35)37/h5-6,8-9,11-16,20,29H,3-4,7,10,17-19,21H2,1-2H3. The van der Waals surface area contributed by atoms with Gasteiger partial charge in [-0.2, -0.15) is 0 Å². The van der Waals surface area contributed by atoms with Crippen molar-refractivity contribution in [2.24, 2.45) is 0 Å². The van der Waals surface area contributed by atoms with Crippen LogP contribution in [-0.2, 0) is 11.3 Å². The van der Waals surface area contributed by atoms with Crippen molar-refractivity contribution < 1.29 is 14.3 Å². The van der Waals surface area contributed by atoms with Gasteiger partial charge in [0.25, 0.3) is 11.8 Å². The van der Waals surface area contributed by atoms with E-state index in [0.29, 0.717) is 30.3 Å². The molecule has 2 amide bonds. The Labute approximate surface area is 229 Å². The van der Waals surface area contributed by atoms with Crippen LogP contribution < -0.4 is 9.80 Å². The molecule has 3 aromatic carbocycles. The highest BCUT2D eigenvalue weighted by atomic mass is 35.5. The molecule has 0 aromatic heterocycles. The van der Waals surface area contributed by atoms with Crippen molar-refractivity contribution >= 4 is 34.8 Å². The lowest BCUT2D eigenvalue weighted by molar-refractivity contribution is 0.0335. The number of anilines is 2. The lowest BCUT2D eigenvalue weighted by Gasteiger charge is -2.25. The third-order valence-corrected chi connectivity index (χ3v) is 7.82. The molecule has 7 heteroatoms. The largest absolute Gasteiger partial charge is 0.372 e. The second-order valence-electron chi connectivity index (χ2n) is 9.78. The summed E-state index contributed by atoms with van der Waals surface area (Å²) in [5, 5.41) is 0.635. The molecule has 2 aliphatic rings. The van der Waals surface area contributed by atoms with Gasteiger partial charge in [-0.15, -0.1) is 0 Å². The molecule has 0 fully saturated rings. The average molecular weight is 532 g/mol. The lowest BCUT2D eigenvalue weighted by Crippen LogP contribution is -2.32. The van der Waals surface area contributed by atoms with Gasteiger partial charge in [0, 0.05) is 46.2 Å². The first-order valence-corrected chi connectivity index (χ1v) is 13.8. The second kappa shape index (κ2) is 11.7. The van der Waals surface area contributed by atoms with Crippen LogP contribution in [0.3, 0.4) is 0 Å². The van der Waals surface area contributed by atoms with Crippen LogP contribution in [0, 0.1) is 0 Å². The third-order valence-electron chi connectivity index (χ3n) is 7.59. The van der Waals surface area contributed by atoms with Crippen LogP contribution in [0.2, 0.25) is 5.02 Å². The smallest absolute Gasteiger partial charge is 0.258 e. The zero-order valence-electron chi connectivity index (χ0n) is 22.0. The Kier molecular flexibility index (Phi) is 8.12. The molecule has 6 nitrogen and oxygen atoms in total. The zero-order chi connectivity index (χ0) is 26.6. The van der Waals surface area contributed by atoms with Crippen molar-refractivity contribution in [3.63, 3.8) is 0 Å². The van der Waals surface area contributed by atoms with E-state index < -0.39 is 0 Å². The molecule has 0 radical (unpaired) electrons. The van der Waals surface area contributed by atoms with Crippen molar-refractivity contribution in [3.05, 3.63) is 94.0 Å². The minimum atomic E-state index is -0.109. The Morgan fingerprint density at radius 1 is 1.05 bits per heavy atom. The van der Waals surface area contributed by atoms with Crippen LogP contribution in [0.4, 0.5) is 11.4 Å². The van der Waals surface area contributed by atoms with E-state index in [4.69, 9.17) is 16.3 Å². The number of hydrogen-bond acceptors (Lipinski definition) is 4. The van der Waals surface area contributed by atoms with E-state index in [9.17, 15) is 9.59 Å². The van der Waals surface area contributed by atoms with Gasteiger partial charge < -0.3 is 19.4 Å². The van der Waals surface area contributed by atoms with Gasteiger partial charge >= 0.3 is 0 Å². The summed E-state index contributed by atoms with van der Waals surface area (Å²) in [5.74, 6) is -0.0787. The Balaban J connectivity index is 1.34. The Morgan fingerprint density at radius 2 is 1.82 bits per heavy atom. The van der Waals surface area contributed by atoms with E-state index in [1.807, 2.05) is 71.6 Å². The maximum atomic E-state index is 13.7. The van der Waals surface area contributed by atoms with E-state index in [1.54, 1.807) is 4.90 Å². The fraction of sp³-hybridized carbons (Fsp3) is 0.355. The van der Waals surface area contributed by atoms with Crippen molar-refractivity contribution in [1.82, 2.24) is 4.90 Å². The number of ether oxygens (including phenoxy) is 1. The molecule has 0 bridgehead atoms. The van der Waals surface area contributed by atoms with Gasteiger partial charge in [0.05, 0.1) is 19.3 Å². The van der Waals surface area contributed by atoms with E-state index in [2.05, 4.69) is 18.7 Å². The maximum Gasteiger partial charge on any atom is 0.258 e. The zero-order valence-corrected chi connectivity index (χ0v) is 22.8. The van der Waals surface area contributed by atoms with E-state index in [-0.39, 0.29) is 17.9 Å². The Bertz CT molecular complexity index is 1310. The quantitative estimate of drug-likeness (QED) is 0.340. The summed E-state index contributed by atoms with van der Waals surface area (Å²) in [4.78, 5) is 32.5. The highest BCUT2D eigenvalue weighted by molar-refractivity contribution is 6.30. The molecule has 1 unspecified atom stereocenters. The number of fused-ring (bicyclic) bond motifs is 2. The van der Waals surface area contributed by atoms with Gasteiger partial charge in [0.2, 0.25) is 0 Å². The van der Waals surface area contributed by atoms with Crippen LogP contribution >= 0.6 is 11.6 Å². The SMILES string of the molecule is CCN(CC)CCOC1CCCN(C(=O)c2ccc(N3Cc4ccccc4C3=O)cc2)c2ccc(Cl)cc21. The first-order valence-electron chi connectivity index (χ1n) is 13.4. The van der Waals surface area contributed by atoms with E-state index in [1.165, 1.54) is 0 Å². The molecule has 0 saturated heterocycles. The van der Waals surface area contributed by atoms with Gasteiger partial charge in [-0.05, 0) is 80.0 Å². The average Bonchev–Trinajstić information content (AvgIpc) is 3.17. The molecule has 198 valence electrons. The number of hydrogen-bond donors (Lipinski definition) is 0. The van der Waals surface area contributed by atoms with Crippen LogP contribution in [0.5, 0.6) is 0 Å². The molecule has 3 aromatic rings. The monoisotopic (exact) mass is 531 g/mol. The van der Waals surface area contributed by atoms with Crippen LogP contribution in [0.15, 0.2) is 66.7 Å². The number of carbonyl (C=O) groups is 2. The maximum absolute atomic E-state index is 13.7. The molecule has 0 N–H and O–H groups in total. The lowest BCUT2D eigenvalue weighted by atomic mass is 10.0. The minimum absolute atomic E-state index is 0.00923. The molecule has 0 aliphatic carbocycles. The predicted octanol–water partition coefficient (Wildman–Crippen LogP) is 6.34. The Hall–Kier alpha value is -3.19. The number of benzene rings is 3. The summed E-state index contributed by atoms with van der Waals surface area (Å²) in [5.41, 5.74) is 4.93. The van der Waals surface area contributed by atoms with Crippen LogP contribution in [0.25, 0.3) is 0 Å². The van der Waals surface area contributed by atoms with Crippen molar-refractivity contribution in [2.75, 3.05) is 42.6 Å². The molecule has 2 aliphatic heterocycles. The van der Waals surface area contributed by atoms with Crippen LogP contribution in [-0.4, -0.2) is 49.5 Å². The third kappa shape index (κ3) is 5.35. The Morgan fingerprint density at radius 3 is 2.55 bits per heavy atom. The van der Waals surface area contributed by atoms with Gasteiger partial charge in [-0.1, -0.05) is 43.6 Å². The number of amides is 2. The summed E-state index contributed by atoms with van der Waals surface area (Å²) in [6, 6.07) is 20.7. The number of rotatable bonds is 8. The van der Waals surface area contributed by atoms with E-state index >= 15 is 0 Å². The number of carbonyl (C=O) groups excluding carboxylic acids is 2.